The third-order valence-electron chi connectivity index (χ3n) is 4.24. The van der Waals surface area contributed by atoms with Gasteiger partial charge in [0.1, 0.15) is 0 Å². The Balaban J connectivity index is 0. The molecular formula is C22H44O4. The fraction of sp³-hybridized carbons (Fsp3) is 0.909. The van der Waals surface area contributed by atoms with E-state index in [1.165, 1.54) is 57.8 Å². The molecular weight excluding hydrogens is 328 g/mol. The van der Waals surface area contributed by atoms with Crippen molar-refractivity contribution in [2.75, 3.05) is 6.61 Å². The molecule has 0 aliphatic rings. The summed E-state index contributed by atoms with van der Waals surface area (Å²) in [6.45, 7) is 7.10. The normalized spacial score (nSPS) is 10.1. The molecule has 0 rings (SSSR count). The third kappa shape index (κ3) is 27.8. The molecule has 4 heteroatoms. The molecule has 0 radical (unpaired) electrons. The van der Waals surface area contributed by atoms with E-state index in [-0.39, 0.29) is 5.97 Å². The van der Waals surface area contributed by atoms with Gasteiger partial charge in [0, 0.05) is 12.8 Å². The highest BCUT2D eigenvalue weighted by Gasteiger charge is 2.02. The van der Waals surface area contributed by atoms with Gasteiger partial charge in [-0.05, 0) is 19.3 Å². The predicted octanol–water partition coefficient (Wildman–Crippen LogP) is 6.90. The summed E-state index contributed by atoms with van der Waals surface area (Å²) in [6.07, 6.45) is 17.3. The fourth-order valence-corrected chi connectivity index (χ4v) is 2.54. The van der Waals surface area contributed by atoms with Crippen molar-refractivity contribution in [3.05, 3.63) is 0 Å². The first-order chi connectivity index (χ1) is 12.6. The zero-order valence-electron chi connectivity index (χ0n) is 17.7. The molecule has 4 nitrogen and oxygen atoms in total. The van der Waals surface area contributed by atoms with Gasteiger partial charge in [-0.3, -0.25) is 9.59 Å². The van der Waals surface area contributed by atoms with Gasteiger partial charge in [-0.25, -0.2) is 0 Å². The summed E-state index contributed by atoms with van der Waals surface area (Å²) in [6, 6.07) is 0. The van der Waals surface area contributed by atoms with Crippen LogP contribution < -0.4 is 0 Å². The summed E-state index contributed by atoms with van der Waals surface area (Å²) < 4.78 is 5.19. The number of carboxylic acid groups (broad SMARTS) is 1. The van der Waals surface area contributed by atoms with Crippen LogP contribution >= 0.6 is 0 Å². The summed E-state index contributed by atoms with van der Waals surface area (Å²) >= 11 is 0. The monoisotopic (exact) mass is 372 g/mol. The number of unbranched alkanes of at least 4 members (excludes halogenated alkanes) is 11. The summed E-state index contributed by atoms with van der Waals surface area (Å²) in [5.74, 6) is -0.682. The van der Waals surface area contributed by atoms with E-state index >= 15 is 0 Å². The van der Waals surface area contributed by atoms with Gasteiger partial charge in [0.15, 0.2) is 0 Å². The Labute approximate surface area is 162 Å². The molecule has 0 aliphatic heterocycles. The molecule has 0 atom stereocenters. The lowest BCUT2D eigenvalue weighted by molar-refractivity contribution is -0.144. The molecule has 0 saturated carbocycles. The minimum Gasteiger partial charge on any atom is -0.481 e. The van der Waals surface area contributed by atoms with Crippen LogP contribution in [-0.4, -0.2) is 23.7 Å². The van der Waals surface area contributed by atoms with Crippen LogP contribution in [0.2, 0.25) is 0 Å². The Morgan fingerprint density at radius 3 is 1.58 bits per heavy atom. The van der Waals surface area contributed by atoms with Crippen LogP contribution in [0.25, 0.3) is 0 Å². The SMILES string of the molecule is CCCCCC(=O)O.CCCCCCCCCC(=O)OCCCCCC. The van der Waals surface area contributed by atoms with Crippen molar-refractivity contribution in [3.8, 4) is 0 Å². The number of hydrogen-bond donors (Lipinski definition) is 1. The van der Waals surface area contributed by atoms with Crippen LogP contribution in [0, 0.1) is 0 Å². The molecule has 26 heavy (non-hydrogen) atoms. The standard InChI is InChI=1S/C16H32O2.C6H12O2/c1-3-5-7-9-10-11-12-14-16(17)18-15-13-8-6-4-2;1-2-3-4-5-6(7)8/h3-15H2,1-2H3;2-5H2,1H3,(H,7,8). The maximum atomic E-state index is 11.4. The second-order valence-electron chi connectivity index (χ2n) is 7.00. The molecule has 0 aromatic carbocycles. The van der Waals surface area contributed by atoms with E-state index in [2.05, 4.69) is 20.8 Å². The van der Waals surface area contributed by atoms with Crippen molar-refractivity contribution >= 4 is 11.9 Å². The van der Waals surface area contributed by atoms with Crippen LogP contribution in [0.5, 0.6) is 0 Å². The van der Waals surface area contributed by atoms with E-state index in [4.69, 9.17) is 9.84 Å². The summed E-state index contributed by atoms with van der Waals surface area (Å²) in [5.41, 5.74) is 0. The Bertz CT molecular complexity index is 303. The molecule has 156 valence electrons. The topological polar surface area (TPSA) is 63.6 Å². The minimum atomic E-state index is -0.682. The molecule has 0 heterocycles. The highest BCUT2D eigenvalue weighted by Crippen LogP contribution is 2.09. The Morgan fingerprint density at radius 1 is 0.615 bits per heavy atom. The van der Waals surface area contributed by atoms with Crippen LogP contribution in [0.1, 0.15) is 124 Å². The lowest BCUT2D eigenvalue weighted by atomic mass is 10.1. The highest BCUT2D eigenvalue weighted by atomic mass is 16.5. The predicted molar refractivity (Wildman–Crippen MR) is 109 cm³/mol. The van der Waals surface area contributed by atoms with Gasteiger partial charge in [-0.2, -0.15) is 0 Å². The summed E-state index contributed by atoms with van der Waals surface area (Å²) in [4.78, 5) is 21.3. The van der Waals surface area contributed by atoms with Crippen molar-refractivity contribution in [2.45, 2.75) is 124 Å². The molecule has 0 spiro atoms. The van der Waals surface area contributed by atoms with Crippen LogP contribution in [-0.2, 0) is 14.3 Å². The molecule has 0 unspecified atom stereocenters. The average molecular weight is 373 g/mol. The maximum absolute atomic E-state index is 11.4. The second kappa shape index (κ2) is 23.9. The molecule has 1 N–H and O–H groups in total. The van der Waals surface area contributed by atoms with Gasteiger partial charge < -0.3 is 9.84 Å². The van der Waals surface area contributed by atoms with Crippen LogP contribution in [0.15, 0.2) is 0 Å². The number of carbonyl (C=O) groups is 2. The van der Waals surface area contributed by atoms with Gasteiger partial charge in [0.25, 0.3) is 0 Å². The Morgan fingerprint density at radius 2 is 1.04 bits per heavy atom. The number of ether oxygens (including phenoxy) is 1. The van der Waals surface area contributed by atoms with Gasteiger partial charge in [0.2, 0.25) is 0 Å². The van der Waals surface area contributed by atoms with Gasteiger partial charge in [0.05, 0.1) is 6.61 Å². The first-order valence-corrected chi connectivity index (χ1v) is 11.0. The smallest absolute Gasteiger partial charge is 0.305 e. The number of aliphatic carboxylic acids is 1. The lowest BCUT2D eigenvalue weighted by Gasteiger charge is -2.04. The molecule has 0 aromatic rings. The number of carbonyl (C=O) groups excluding carboxylic acids is 1. The fourth-order valence-electron chi connectivity index (χ4n) is 2.54. The van der Waals surface area contributed by atoms with Crippen molar-refractivity contribution < 1.29 is 19.4 Å². The minimum absolute atomic E-state index is 0.0000525. The van der Waals surface area contributed by atoms with Crippen LogP contribution in [0.4, 0.5) is 0 Å². The van der Waals surface area contributed by atoms with E-state index in [9.17, 15) is 9.59 Å². The molecule has 0 bridgehead atoms. The summed E-state index contributed by atoms with van der Waals surface area (Å²) in [7, 11) is 0. The quantitative estimate of drug-likeness (QED) is 0.223. The van der Waals surface area contributed by atoms with Crippen molar-refractivity contribution in [1.82, 2.24) is 0 Å². The zero-order valence-corrected chi connectivity index (χ0v) is 17.7. The van der Waals surface area contributed by atoms with Crippen LogP contribution in [0.3, 0.4) is 0 Å². The summed E-state index contributed by atoms with van der Waals surface area (Å²) in [5, 5.41) is 8.14. The van der Waals surface area contributed by atoms with E-state index in [0.717, 1.165) is 32.1 Å². The molecule has 0 saturated heterocycles. The Kier molecular flexibility index (Phi) is 25.0. The van der Waals surface area contributed by atoms with E-state index in [0.29, 0.717) is 19.4 Å². The molecule has 0 fully saturated rings. The van der Waals surface area contributed by atoms with E-state index < -0.39 is 5.97 Å². The Hall–Kier alpha value is -1.06. The first-order valence-electron chi connectivity index (χ1n) is 11.0. The number of carboxylic acids is 1. The number of rotatable bonds is 17. The zero-order chi connectivity index (χ0) is 19.9. The molecule has 0 aliphatic carbocycles. The van der Waals surface area contributed by atoms with E-state index in [1.807, 2.05) is 0 Å². The molecule has 0 amide bonds. The van der Waals surface area contributed by atoms with Gasteiger partial charge in [-0.1, -0.05) is 91.4 Å². The van der Waals surface area contributed by atoms with Crippen molar-refractivity contribution in [3.63, 3.8) is 0 Å². The van der Waals surface area contributed by atoms with Crippen molar-refractivity contribution in [1.29, 1.82) is 0 Å². The highest BCUT2D eigenvalue weighted by molar-refractivity contribution is 5.69. The third-order valence-corrected chi connectivity index (χ3v) is 4.24. The lowest BCUT2D eigenvalue weighted by Crippen LogP contribution is -2.05. The largest absolute Gasteiger partial charge is 0.481 e. The van der Waals surface area contributed by atoms with Crippen molar-refractivity contribution in [2.24, 2.45) is 0 Å². The first kappa shape index (κ1) is 27.2. The number of hydrogen-bond acceptors (Lipinski definition) is 3. The number of esters is 1. The maximum Gasteiger partial charge on any atom is 0.305 e. The van der Waals surface area contributed by atoms with Gasteiger partial charge >= 0.3 is 11.9 Å². The average Bonchev–Trinajstić information content (AvgIpc) is 2.61. The van der Waals surface area contributed by atoms with E-state index in [1.54, 1.807) is 0 Å². The second-order valence-corrected chi connectivity index (χ2v) is 7.00. The molecule has 0 aromatic heterocycles. The van der Waals surface area contributed by atoms with Gasteiger partial charge in [-0.15, -0.1) is 0 Å².